The van der Waals surface area contributed by atoms with Crippen LogP contribution < -0.4 is 15.4 Å². The van der Waals surface area contributed by atoms with Crippen LogP contribution in [0, 0.1) is 13.8 Å². The number of methoxy groups -OCH3 is 1. The zero-order chi connectivity index (χ0) is 17.8. The SMILES string of the molecule is COc1ccc(Nc2nccc(Nc3cc(C)cc(C)c3)n2)cc1Cl. The third kappa shape index (κ3) is 4.39. The molecule has 0 aliphatic rings. The number of nitrogens with zero attached hydrogens (tertiary/aromatic N) is 2. The number of anilines is 4. The van der Waals surface area contributed by atoms with Gasteiger partial charge in [-0.05, 0) is 61.4 Å². The van der Waals surface area contributed by atoms with E-state index in [9.17, 15) is 0 Å². The van der Waals surface area contributed by atoms with E-state index in [1.165, 1.54) is 11.1 Å². The minimum Gasteiger partial charge on any atom is -0.495 e. The number of ether oxygens (including phenoxy) is 1. The molecule has 6 heteroatoms. The van der Waals surface area contributed by atoms with E-state index in [0.29, 0.717) is 22.5 Å². The van der Waals surface area contributed by atoms with Gasteiger partial charge in [0.2, 0.25) is 5.95 Å². The first kappa shape index (κ1) is 17.0. The van der Waals surface area contributed by atoms with E-state index >= 15 is 0 Å². The highest BCUT2D eigenvalue weighted by molar-refractivity contribution is 6.32. The number of benzene rings is 2. The first-order valence-corrected chi connectivity index (χ1v) is 8.20. The van der Waals surface area contributed by atoms with Gasteiger partial charge in [-0.25, -0.2) is 4.98 Å². The number of nitrogens with one attached hydrogen (secondary N) is 2. The molecule has 0 aliphatic heterocycles. The minimum absolute atomic E-state index is 0.482. The zero-order valence-electron chi connectivity index (χ0n) is 14.3. The molecule has 0 unspecified atom stereocenters. The number of aromatic nitrogens is 2. The highest BCUT2D eigenvalue weighted by Crippen LogP contribution is 2.28. The number of rotatable bonds is 5. The summed E-state index contributed by atoms with van der Waals surface area (Å²) in [4.78, 5) is 8.73. The Morgan fingerprint density at radius 3 is 2.36 bits per heavy atom. The highest BCUT2D eigenvalue weighted by atomic mass is 35.5. The molecule has 0 saturated carbocycles. The topological polar surface area (TPSA) is 59.1 Å². The van der Waals surface area contributed by atoms with Crippen molar-refractivity contribution in [2.75, 3.05) is 17.7 Å². The normalized spacial score (nSPS) is 10.4. The fourth-order valence-corrected chi connectivity index (χ4v) is 2.81. The van der Waals surface area contributed by atoms with Crippen molar-refractivity contribution in [1.82, 2.24) is 9.97 Å². The van der Waals surface area contributed by atoms with Crippen molar-refractivity contribution >= 4 is 34.7 Å². The standard InChI is InChI=1S/C19H19ClN4O/c1-12-8-13(2)10-15(9-12)22-18-6-7-21-19(24-18)23-14-4-5-17(25-3)16(20)11-14/h4-11H,1-3H3,(H2,21,22,23,24). The highest BCUT2D eigenvalue weighted by Gasteiger charge is 2.05. The van der Waals surface area contributed by atoms with E-state index in [1.807, 2.05) is 12.1 Å². The molecule has 0 bridgehead atoms. The second-order valence-electron chi connectivity index (χ2n) is 5.74. The third-order valence-corrected chi connectivity index (χ3v) is 3.85. The lowest BCUT2D eigenvalue weighted by Crippen LogP contribution is -2.01. The van der Waals surface area contributed by atoms with Crippen molar-refractivity contribution in [3.8, 4) is 5.75 Å². The van der Waals surface area contributed by atoms with Gasteiger partial charge in [0.1, 0.15) is 11.6 Å². The molecule has 0 radical (unpaired) electrons. The molecule has 128 valence electrons. The second kappa shape index (κ2) is 7.40. The maximum Gasteiger partial charge on any atom is 0.229 e. The Morgan fingerprint density at radius 2 is 1.68 bits per heavy atom. The maximum absolute atomic E-state index is 6.15. The molecule has 0 aliphatic carbocycles. The number of halogens is 1. The lowest BCUT2D eigenvalue weighted by atomic mass is 10.1. The van der Waals surface area contributed by atoms with Crippen molar-refractivity contribution in [2.24, 2.45) is 0 Å². The quantitative estimate of drug-likeness (QED) is 0.656. The summed E-state index contributed by atoms with van der Waals surface area (Å²) in [7, 11) is 1.58. The molecule has 0 spiro atoms. The fraction of sp³-hybridized carbons (Fsp3) is 0.158. The Balaban J connectivity index is 1.78. The summed E-state index contributed by atoms with van der Waals surface area (Å²) in [5.74, 6) is 1.82. The molecule has 2 N–H and O–H groups in total. The Kier molecular flexibility index (Phi) is 5.05. The molecule has 1 aromatic heterocycles. The lowest BCUT2D eigenvalue weighted by molar-refractivity contribution is 0.415. The van der Waals surface area contributed by atoms with Crippen LogP contribution in [0.4, 0.5) is 23.1 Å². The van der Waals surface area contributed by atoms with E-state index in [4.69, 9.17) is 16.3 Å². The first-order valence-electron chi connectivity index (χ1n) is 7.82. The van der Waals surface area contributed by atoms with Gasteiger partial charge in [0.05, 0.1) is 12.1 Å². The van der Waals surface area contributed by atoms with Crippen LogP contribution in [0.15, 0.2) is 48.7 Å². The monoisotopic (exact) mass is 354 g/mol. The third-order valence-electron chi connectivity index (χ3n) is 3.56. The van der Waals surface area contributed by atoms with Gasteiger partial charge in [0.15, 0.2) is 0 Å². The van der Waals surface area contributed by atoms with Crippen LogP contribution in [0.3, 0.4) is 0 Å². The number of aryl methyl sites for hydroxylation is 2. The molecular weight excluding hydrogens is 336 g/mol. The van der Waals surface area contributed by atoms with Gasteiger partial charge in [-0.2, -0.15) is 4.98 Å². The molecule has 2 aromatic carbocycles. The van der Waals surface area contributed by atoms with Crippen LogP contribution in [0.1, 0.15) is 11.1 Å². The van der Waals surface area contributed by atoms with Crippen LogP contribution >= 0.6 is 11.6 Å². The van der Waals surface area contributed by atoms with Crippen LogP contribution in [0.2, 0.25) is 5.02 Å². The van der Waals surface area contributed by atoms with Crippen molar-refractivity contribution in [3.05, 3.63) is 64.8 Å². The molecule has 1 heterocycles. The Morgan fingerprint density at radius 1 is 0.920 bits per heavy atom. The summed E-state index contributed by atoms with van der Waals surface area (Å²) in [5.41, 5.74) is 4.18. The minimum atomic E-state index is 0.482. The summed E-state index contributed by atoms with van der Waals surface area (Å²) in [6.07, 6.45) is 1.70. The fourth-order valence-electron chi connectivity index (χ4n) is 2.56. The zero-order valence-corrected chi connectivity index (χ0v) is 15.1. The summed E-state index contributed by atoms with van der Waals surface area (Å²) < 4.78 is 5.15. The van der Waals surface area contributed by atoms with Crippen LogP contribution in [-0.2, 0) is 0 Å². The van der Waals surface area contributed by atoms with Gasteiger partial charge in [-0.3, -0.25) is 0 Å². The molecule has 0 amide bonds. The predicted molar refractivity (Wildman–Crippen MR) is 103 cm³/mol. The maximum atomic E-state index is 6.15. The summed E-state index contributed by atoms with van der Waals surface area (Å²) >= 11 is 6.15. The first-order chi connectivity index (χ1) is 12.0. The van der Waals surface area contributed by atoms with Crippen LogP contribution in [-0.4, -0.2) is 17.1 Å². The van der Waals surface area contributed by atoms with Gasteiger partial charge >= 0.3 is 0 Å². The summed E-state index contributed by atoms with van der Waals surface area (Å²) in [6, 6.07) is 13.5. The van der Waals surface area contributed by atoms with E-state index in [-0.39, 0.29) is 0 Å². The van der Waals surface area contributed by atoms with Gasteiger partial charge in [-0.15, -0.1) is 0 Å². The van der Waals surface area contributed by atoms with Crippen LogP contribution in [0.25, 0.3) is 0 Å². The Bertz CT molecular complexity index is 878. The van der Waals surface area contributed by atoms with E-state index < -0.39 is 0 Å². The average Bonchev–Trinajstić information content (AvgIpc) is 2.54. The number of hydrogen-bond donors (Lipinski definition) is 2. The molecule has 3 aromatic rings. The molecule has 0 fully saturated rings. The van der Waals surface area contributed by atoms with Crippen molar-refractivity contribution in [2.45, 2.75) is 13.8 Å². The van der Waals surface area contributed by atoms with Crippen molar-refractivity contribution in [1.29, 1.82) is 0 Å². The van der Waals surface area contributed by atoms with Crippen molar-refractivity contribution < 1.29 is 4.74 Å². The Labute approximate surface area is 152 Å². The van der Waals surface area contributed by atoms with Gasteiger partial charge in [0.25, 0.3) is 0 Å². The number of hydrogen-bond acceptors (Lipinski definition) is 5. The summed E-state index contributed by atoms with van der Waals surface area (Å²) in [5, 5.41) is 6.97. The molecule has 25 heavy (non-hydrogen) atoms. The molecule has 0 atom stereocenters. The smallest absolute Gasteiger partial charge is 0.229 e. The summed E-state index contributed by atoms with van der Waals surface area (Å²) in [6.45, 7) is 4.14. The van der Waals surface area contributed by atoms with E-state index in [1.54, 1.807) is 25.4 Å². The lowest BCUT2D eigenvalue weighted by Gasteiger charge is -2.10. The largest absolute Gasteiger partial charge is 0.495 e. The van der Waals surface area contributed by atoms with Gasteiger partial charge in [0, 0.05) is 17.6 Å². The molecular formula is C19H19ClN4O. The average molecular weight is 355 g/mol. The molecule has 3 rings (SSSR count). The predicted octanol–water partition coefficient (Wildman–Crippen LogP) is 5.24. The van der Waals surface area contributed by atoms with E-state index in [0.717, 1.165) is 11.4 Å². The van der Waals surface area contributed by atoms with Gasteiger partial charge < -0.3 is 15.4 Å². The molecule has 0 saturated heterocycles. The van der Waals surface area contributed by atoms with E-state index in [2.05, 4.69) is 52.6 Å². The van der Waals surface area contributed by atoms with Crippen LogP contribution in [0.5, 0.6) is 5.75 Å². The molecule has 5 nitrogen and oxygen atoms in total. The Hall–Kier alpha value is -2.79. The van der Waals surface area contributed by atoms with Gasteiger partial charge in [-0.1, -0.05) is 17.7 Å². The van der Waals surface area contributed by atoms with Crippen molar-refractivity contribution in [3.63, 3.8) is 0 Å². The second-order valence-corrected chi connectivity index (χ2v) is 6.15.